The smallest absolute Gasteiger partial charge is 0.0138 e. The molecule has 2 atom stereocenters. The fourth-order valence-corrected chi connectivity index (χ4v) is 3.11. The summed E-state index contributed by atoms with van der Waals surface area (Å²) in [6.45, 7) is 2.30. The molecule has 0 N–H and O–H groups in total. The van der Waals surface area contributed by atoms with Crippen LogP contribution < -0.4 is 0 Å². The van der Waals surface area contributed by atoms with E-state index in [9.17, 15) is 0 Å². The van der Waals surface area contributed by atoms with E-state index >= 15 is 0 Å². The molecule has 0 spiro atoms. The molecule has 1 heteroatoms. The van der Waals surface area contributed by atoms with E-state index in [1.807, 2.05) is 0 Å². The number of unbranched alkanes of at least 4 members (excludes halogenated alkanes) is 1. The first-order valence-corrected chi connectivity index (χ1v) is 6.23. The maximum Gasteiger partial charge on any atom is 0.0138 e. The molecular weight excluding hydrogens is 247 g/mol. The average Bonchev–Trinajstić information content (AvgIpc) is 2.03. The number of alkyl halides is 1. The van der Waals surface area contributed by atoms with Gasteiger partial charge < -0.3 is 0 Å². The van der Waals surface area contributed by atoms with Crippen LogP contribution in [0.3, 0.4) is 0 Å². The van der Waals surface area contributed by atoms with E-state index in [0.717, 1.165) is 9.84 Å². The van der Waals surface area contributed by atoms with E-state index in [1.54, 1.807) is 0 Å². The highest BCUT2D eigenvalue weighted by atomic mass is 127. The first kappa shape index (κ1) is 9.82. The van der Waals surface area contributed by atoms with Crippen LogP contribution in [0, 0.1) is 5.92 Å². The topological polar surface area (TPSA) is 0 Å². The maximum atomic E-state index is 2.66. The highest BCUT2D eigenvalue weighted by Crippen LogP contribution is 2.33. The zero-order valence-electron chi connectivity index (χ0n) is 7.48. The standard InChI is InChI=1S/C10H19I/c1-2-3-6-9-7-4-5-8-10(9)11/h9-10H,2-8H2,1H3/t9-,10-/m1/s1. The van der Waals surface area contributed by atoms with Gasteiger partial charge in [-0.05, 0) is 25.2 Å². The Labute approximate surface area is 84.3 Å². The predicted molar refractivity (Wildman–Crippen MR) is 59.3 cm³/mol. The van der Waals surface area contributed by atoms with Crippen LogP contribution in [0.1, 0.15) is 51.9 Å². The van der Waals surface area contributed by atoms with Crippen molar-refractivity contribution < 1.29 is 0 Å². The van der Waals surface area contributed by atoms with Crippen molar-refractivity contribution in [1.29, 1.82) is 0 Å². The summed E-state index contributed by atoms with van der Waals surface area (Å²) >= 11 is 2.66. The molecule has 1 saturated carbocycles. The minimum atomic E-state index is 0.993. The van der Waals surface area contributed by atoms with Crippen LogP contribution in [-0.4, -0.2) is 3.92 Å². The van der Waals surface area contributed by atoms with Gasteiger partial charge in [-0.15, -0.1) is 0 Å². The van der Waals surface area contributed by atoms with E-state index in [4.69, 9.17) is 0 Å². The Bertz CT molecular complexity index is 101. The van der Waals surface area contributed by atoms with Crippen molar-refractivity contribution in [3.8, 4) is 0 Å². The molecular formula is C10H19I. The monoisotopic (exact) mass is 266 g/mol. The molecule has 0 amide bonds. The number of rotatable bonds is 3. The van der Waals surface area contributed by atoms with Gasteiger partial charge in [0, 0.05) is 3.92 Å². The van der Waals surface area contributed by atoms with Crippen LogP contribution in [0.4, 0.5) is 0 Å². The lowest BCUT2D eigenvalue weighted by molar-refractivity contribution is 0.352. The fourth-order valence-electron chi connectivity index (χ4n) is 1.95. The molecule has 0 unspecified atom stereocenters. The van der Waals surface area contributed by atoms with Crippen molar-refractivity contribution in [2.24, 2.45) is 5.92 Å². The van der Waals surface area contributed by atoms with Crippen molar-refractivity contribution in [2.45, 2.75) is 55.8 Å². The van der Waals surface area contributed by atoms with Gasteiger partial charge in [0.15, 0.2) is 0 Å². The van der Waals surface area contributed by atoms with Gasteiger partial charge in [-0.3, -0.25) is 0 Å². The summed E-state index contributed by atoms with van der Waals surface area (Å²) in [7, 11) is 0. The van der Waals surface area contributed by atoms with Gasteiger partial charge in [0.1, 0.15) is 0 Å². The molecule has 11 heavy (non-hydrogen) atoms. The SMILES string of the molecule is CCCC[C@@H]1CCCC[C@H]1I. The first-order valence-electron chi connectivity index (χ1n) is 4.98. The summed E-state index contributed by atoms with van der Waals surface area (Å²) in [6, 6.07) is 0. The van der Waals surface area contributed by atoms with Crippen LogP contribution in [-0.2, 0) is 0 Å². The Morgan fingerprint density at radius 2 is 2.00 bits per heavy atom. The van der Waals surface area contributed by atoms with E-state index in [1.165, 1.54) is 44.9 Å². The van der Waals surface area contributed by atoms with E-state index < -0.39 is 0 Å². The minimum Gasteiger partial charge on any atom is -0.0823 e. The molecule has 0 aromatic carbocycles. The molecule has 0 saturated heterocycles. The normalized spacial score (nSPS) is 32.2. The lowest BCUT2D eigenvalue weighted by Gasteiger charge is -2.27. The van der Waals surface area contributed by atoms with Crippen LogP contribution in [0.5, 0.6) is 0 Å². The number of hydrogen-bond donors (Lipinski definition) is 0. The number of hydrogen-bond acceptors (Lipinski definition) is 0. The second-order valence-electron chi connectivity index (χ2n) is 3.70. The van der Waals surface area contributed by atoms with E-state index in [-0.39, 0.29) is 0 Å². The molecule has 0 aliphatic heterocycles. The average molecular weight is 266 g/mol. The van der Waals surface area contributed by atoms with Gasteiger partial charge in [-0.25, -0.2) is 0 Å². The van der Waals surface area contributed by atoms with Gasteiger partial charge in [0.05, 0.1) is 0 Å². The lowest BCUT2D eigenvalue weighted by atomic mass is 9.86. The maximum absolute atomic E-state index is 2.66. The Morgan fingerprint density at radius 3 is 2.64 bits per heavy atom. The third kappa shape index (κ3) is 3.30. The van der Waals surface area contributed by atoms with Crippen LogP contribution in [0.2, 0.25) is 0 Å². The van der Waals surface area contributed by atoms with E-state index in [2.05, 4.69) is 29.5 Å². The molecule has 1 aliphatic carbocycles. The second-order valence-corrected chi connectivity index (χ2v) is 5.30. The molecule has 0 nitrogen and oxygen atoms in total. The Morgan fingerprint density at radius 1 is 1.27 bits per heavy atom. The molecule has 0 bridgehead atoms. The molecule has 0 radical (unpaired) electrons. The summed E-state index contributed by atoms with van der Waals surface area (Å²) in [6.07, 6.45) is 10.3. The molecule has 1 rings (SSSR count). The van der Waals surface area contributed by atoms with Gasteiger partial charge >= 0.3 is 0 Å². The van der Waals surface area contributed by atoms with Crippen LogP contribution in [0.15, 0.2) is 0 Å². The first-order chi connectivity index (χ1) is 5.34. The van der Waals surface area contributed by atoms with Crippen molar-refractivity contribution in [3.05, 3.63) is 0 Å². The van der Waals surface area contributed by atoms with Crippen molar-refractivity contribution >= 4 is 22.6 Å². The van der Waals surface area contributed by atoms with Crippen molar-refractivity contribution in [1.82, 2.24) is 0 Å². The molecule has 66 valence electrons. The molecule has 0 aromatic heterocycles. The summed E-state index contributed by atoms with van der Waals surface area (Å²) in [4.78, 5) is 0. The number of halogens is 1. The lowest BCUT2D eigenvalue weighted by Crippen LogP contribution is -2.18. The third-order valence-electron chi connectivity index (χ3n) is 2.74. The Kier molecular flexibility index (Phi) is 4.81. The van der Waals surface area contributed by atoms with Gasteiger partial charge in [0.25, 0.3) is 0 Å². The predicted octanol–water partition coefficient (Wildman–Crippen LogP) is 4.17. The van der Waals surface area contributed by atoms with Gasteiger partial charge in [-0.2, -0.15) is 0 Å². The highest BCUT2D eigenvalue weighted by molar-refractivity contribution is 14.1. The third-order valence-corrected chi connectivity index (χ3v) is 4.38. The zero-order chi connectivity index (χ0) is 8.10. The summed E-state index contributed by atoms with van der Waals surface area (Å²) in [5, 5.41) is 0. The Balaban J connectivity index is 2.18. The van der Waals surface area contributed by atoms with Gasteiger partial charge in [-0.1, -0.05) is 55.2 Å². The minimum absolute atomic E-state index is 0.993. The summed E-state index contributed by atoms with van der Waals surface area (Å²) < 4.78 is 0.993. The van der Waals surface area contributed by atoms with E-state index in [0.29, 0.717) is 0 Å². The van der Waals surface area contributed by atoms with Crippen molar-refractivity contribution in [2.75, 3.05) is 0 Å². The van der Waals surface area contributed by atoms with Crippen LogP contribution >= 0.6 is 22.6 Å². The molecule has 0 heterocycles. The molecule has 0 aromatic rings. The quantitative estimate of drug-likeness (QED) is 0.531. The highest BCUT2D eigenvalue weighted by Gasteiger charge is 2.21. The second kappa shape index (κ2) is 5.39. The summed E-state index contributed by atoms with van der Waals surface area (Å²) in [5.41, 5.74) is 0. The fraction of sp³-hybridized carbons (Fsp3) is 1.00. The van der Waals surface area contributed by atoms with Crippen LogP contribution in [0.25, 0.3) is 0 Å². The summed E-state index contributed by atoms with van der Waals surface area (Å²) in [5.74, 6) is 1.06. The molecule has 1 fully saturated rings. The Hall–Kier alpha value is 0.730. The largest absolute Gasteiger partial charge is 0.0823 e. The van der Waals surface area contributed by atoms with Gasteiger partial charge in [0.2, 0.25) is 0 Å². The zero-order valence-corrected chi connectivity index (χ0v) is 9.64. The van der Waals surface area contributed by atoms with Crippen molar-refractivity contribution in [3.63, 3.8) is 0 Å². The molecule has 1 aliphatic rings.